The fourth-order valence-electron chi connectivity index (χ4n) is 4.30. The van der Waals surface area contributed by atoms with Gasteiger partial charge in [0.25, 0.3) is 11.6 Å². The Morgan fingerprint density at radius 1 is 1.31 bits per heavy atom. The van der Waals surface area contributed by atoms with Crippen LogP contribution in [0.1, 0.15) is 48.9 Å². The molecule has 2 aliphatic rings. The molecule has 1 aromatic rings. The molecule has 2 fully saturated rings. The number of ether oxygens (including phenoxy) is 1. The molecule has 1 saturated heterocycles. The van der Waals surface area contributed by atoms with E-state index in [9.17, 15) is 14.9 Å². The van der Waals surface area contributed by atoms with E-state index >= 15 is 0 Å². The molecule has 1 aliphatic carbocycles. The first kappa shape index (κ1) is 18.6. The second-order valence-corrected chi connectivity index (χ2v) is 7.16. The van der Waals surface area contributed by atoms with Crippen LogP contribution in [0.25, 0.3) is 0 Å². The summed E-state index contributed by atoms with van der Waals surface area (Å²) in [5.41, 5.74) is 0.752. The lowest BCUT2D eigenvalue weighted by Gasteiger charge is -2.44. The number of carbonyl (C=O) groups is 1. The van der Waals surface area contributed by atoms with Crippen LogP contribution in [-0.4, -0.2) is 48.6 Å². The molecule has 3 rings (SSSR count). The van der Waals surface area contributed by atoms with Crippen molar-refractivity contribution in [3.63, 3.8) is 0 Å². The Kier molecular flexibility index (Phi) is 6.08. The lowest BCUT2D eigenvalue weighted by atomic mass is 9.78. The van der Waals surface area contributed by atoms with Crippen molar-refractivity contribution >= 4 is 17.3 Å². The van der Waals surface area contributed by atoms with Crippen LogP contribution in [0.2, 0.25) is 0 Å². The first-order valence-electron chi connectivity index (χ1n) is 9.44. The van der Waals surface area contributed by atoms with E-state index < -0.39 is 4.92 Å². The number of methoxy groups -OCH3 is 1. The molecule has 0 bridgehead atoms. The van der Waals surface area contributed by atoms with Crippen LogP contribution in [0.15, 0.2) is 18.2 Å². The smallest absolute Gasteiger partial charge is 0.293 e. The van der Waals surface area contributed by atoms with Gasteiger partial charge in [0.05, 0.1) is 11.5 Å². The molecule has 0 radical (unpaired) electrons. The lowest BCUT2D eigenvalue weighted by molar-refractivity contribution is -0.384. The molecule has 0 unspecified atom stereocenters. The van der Waals surface area contributed by atoms with Gasteiger partial charge >= 0.3 is 0 Å². The molecule has 2 atom stereocenters. The monoisotopic (exact) mass is 361 g/mol. The van der Waals surface area contributed by atoms with E-state index in [0.717, 1.165) is 25.8 Å². The summed E-state index contributed by atoms with van der Waals surface area (Å²) in [6.45, 7) is 1.68. The van der Waals surface area contributed by atoms with Crippen LogP contribution in [0.3, 0.4) is 0 Å². The first-order chi connectivity index (χ1) is 12.6. The second-order valence-electron chi connectivity index (χ2n) is 7.16. The van der Waals surface area contributed by atoms with Gasteiger partial charge in [-0.3, -0.25) is 14.9 Å². The minimum atomic E-state index is -0.439. The van der Waals surface area contributed by atoms with Crippen LogP contribution in [-0.2, 0) is 4.74 Å². The summed E-state index contributed by atoms with van der Waals surface area (Å²) < 4.78 is 4.96. The molecule has 1 amide bonds. The van der Waals surface area contributed by atoms with Crippen molar-refractivity contribution in [1.82, 2.24) is 4.90 Å². The van der Waals surface area contributed by atoms with Crippen LogP contribution >= 0.6 is 0 Å². The summed E-state index contributed by atoms with van der Waals surface area (Å²) in [4.78, 5) is 26.0. The average molecular weight is 361 g/mol. The molecule has 1 aromatic carbocycles. The quantitative estimate of drug-likeness (QED) is 0.476. The molecule has 1 saturated carbocycles. The van der Waals surface area contributed by atoms with Gasteiger partial charge in [-0.2, -0.15) is 0 Å². The van der Waals surface area contributed by atoms with E-state index in [4.69, 9.17) is 4.74 Å². The number of amides is 1. The average Bonchev–Trinajstić information content (AvgIpc) is 2.67. The standard InChI is InChI=1S/C19H27N3O4/c1-26-12-10-20-16-9-8-15(13-18(16)22(24)25)19(23)21-11-4-6-14-5-2-3-7-17(14)21/h8-9,13-14,17,20H,2-7,10-12H2,1H3/t14-,17-/m1/s1. The summed E-state index contributed by atoms with van der Waals surface area (Å²) in [6.07, 6.45) is 6.86. The van der Waals surface area contributed by atoms with Crippen molar-refractivity contribution in [2.24, 2.45) is 5.92 Å². The molecular weight excluding hydrogens is 334 g/mol. The highest BCUT2D eigenvalue weighted by Crippen LogP contribution is 2.36. The number of nitro benzene ring substituents is 1. The van der Waals surface area contributed by atoms with Gasteiger partial charge in [0.15, 0.2) is 0 Å². The maximum atomic E-state index is 13.1. The Morgan fingerprint density at radius 2 is 2.08 bits per heavy atom. The molecule has 0 aromatic heterocycles. The predicted octanol–water partition coefficient (Wildman–Crippen LogP) is 3.45. The van der Waals surface area contributed by atoms with E-state index in [1.165, 1.54) is 25.3 Å². The van der Waals surface area contributed by atoms with Crippen LogP contribution in [0.4, 0.5) is 11.4 Å². The summed E-state index contributed by atoms with van der Waals surface area (Å²) >= 11 is 0. The van der Waals surface area contributed by atoms with Gasteiger partial charge in [-0.25, -0.2) is 0 Å². The number of likely N-dealkylation sites (tertiary alicyclic amines) is 1. The Bertz CT molecular complexity index is 662. The van der Waals surface area contributed by atoms with E-state index in [1.807, 2.05) is 4.90 Å². The highest BCUT2D eigenvalue weighted by Gasteiger charge is 2.36. The number of hydrogen-bond donors (Lipinski definition) is 1. The van der Waals surface area contributed by atoms with Gasteiger partial charge in [0.1, 0.15) is 5.69 Å². The van der Waals surface area contributed by atoms with Crippen LogP contribution < -0.4 is 5.32 Å². The molecule has 142 valence electrons. The van der Waals surface area contributed by atoms with Crippen molar-refractivity contribution in [3.8, 4) is 0 Å². The van der Waals surface area contributed by atoms with E-state index in [-0.39, 0.29) is 11.6 Å². The minimum Gasteiger partial charge on any atom is -0.383 e. The maximum Gasteiger partial charge on any atom is 0.293 e. The number of carbonyl (C=O) groups excluding carboxylic acids is 1. The van der Waals surface area contributed by atoms with E-state index in [1.54, 1.807) is 19.2 Å². The number of benzene rings is 1. The van der Waals surface area contributed by atoms with Crippen LogP contribution in [0, 0.1) is 16.0 Å². The number of nitrogens with one attached hydrogen (secondary N) is 1. The summed E-state index contributed by atoms with van der Waals surface area (Å²) in [5, 5.41) is 14.4. The number of fused-ring (bicyclic) bond motifs is 1. The number of anilines is 1. The topological polar surface area (TPSA) is 84.7 Å². The van der Waals surface area contributed by atoms with E-state index in [0.29, 0.717) is 36.4 Å². The molecule has 1 aliphatic heterocycles. The number of nitrogens with zero attached hydrogens (tertiary/aromatic N) is 2. The summed E-state index contributed by atoms with van der Waals surface area (Å²) in [5.74, 6) is 0.513. The van der Waals surface area contributed by atoms with Gasteiger partial charge < -0.3 is 15.0 Å². The van der Waals surface area contributed by atoms with Crippen LogP contribution in [0.5, 0.6) is 0 Å². The minimum absolute atomic E-state index is 0.0656. The molecular formula is C19H27N3O4. The maximum absolute atomic E-state index is 13.1. The van der Waals surface area contributed by atoms with Gasteiger partial charge in [-0.05, 0) is 43.7 Å². The molecule has 1 heterocycles. The molecule has 0 spiro atoms. The largest absolute Gasteiger partial charge is 0.383 e. The number of rotatable bonds is 6. The Hall–Kier alpha value is -2.15. The Balaban J connectivity index is 1.80. The Morgan fingerprint density at radius 3 is 2.85 bits per heavy atom. The molecule has 7 nitrogen and oxygen atoms in total. The SMILES string of the molecule is COCCNc1ccc(C(=O)N2CCC[C@H]3CCCC[C@H]32)cc1[N+](=O)[O-]. The zero-order chi connectivity index (χ0) is 18.5. The van der Waals surface area contributed by atoms with Crippen molar-refractivity contribution < 1.29 is 14.5 Å². The lowest BCUT2D eigenvalue weighted by Crippen LogP contribution is -2.49. The van der Waals surface area contributed by atoms with Crippen molar-refractivity contribution in [3.05, 3.63) is 33.9 Å². The summed E-state index contributed by atoms with van der Waals surface area (Å²) in [7, 11) is 1.58. The van der Waals surface area contributed by atoms with Gasteiger partial charge in [0.2, 0.25) is 0 Å². The van der Waals surface area contributed by atoms with Crippen molar-refractivity contribution in [1.29, 1.82) is 0 Å². The number of hydrogen-bond acceptors (Lipinski definition) is 5. The number of nitro groups is 1. The number of piperidine rings is 1. The van der Waals surface area contributed by atoms with Gasteiger partial charge in [-0.1, -0.05) is 12.8 Å². The Labute approximate surface area is 153 Å². The van der Waals surface area contributed by atoms with E-state index in [2.05, 4.69) is 5.32 Å². The normalized spacial score (nSPS) is 22.6. The second kappa shape index (κ2) is 8.49. The summed E-state index contributed by atoms with van der Waals surface area (Å²) in [6, 6.07) is 5.02. The molecule has 26 heavy (non-hydrogen) atoms. The first-order valence-corrected chi connectivity index (χ1v) is 9.44. The van der Waals surface area contributed by atoms with Crippen molar-refractivity contribution in [2.75, 3.05) is 32.1 Å². The molecule has 7 heteroatoms. The fraction of sp³-hybridized carbons (Fsp3) is 0.632. The zero-order valence-corrected chi connectivity index (χ0v) is 15.3. The highest BCUT2D eigenvalue weighted by molar-refractivity contribution is 5.96. The van der Waals surface area contributed by atoms with Crippen molar-refractivity contribution in [2.45, 2.75) is 44.6 Å². The third kappa shape index (κ3) is 3.98. The fourth-order valence-corrected chi connectivity index (χ4v) is 4.30. The third-order valence-corrected chi connectivity index (χ3v) is 5.57. The third-order valence-electron chi connectivity index (χ3n) is 5.57. The predicted molar refractivity (Wildman–Crippen MR) is 99.5 cm³/mol. The van der Waals surface area contributed by atoms with Gasteiger partial charge in [-0.15, -0.1) is 0 Å². The zero-order valence-electron chi connectivity index (χ0n) is 15.3. The van der Waals surface area contributed by atoms with Gasteiger partial charge in [0, 0.05) is 37.9 Å². The highest BCUT2D eigenvalue weighted by atomic mass is 16.6. The molecule has 1 N–H and O–H groups in total.